The van der Waals surface area contributed by atoms with Crippen molar-refractivity contribution < 1.29 is 0 Å². The second-order valence-corrected chi connectivity index (χ2v) is 20.9. The lowest BCUT2D eigenvalue weighted by atomic mass is 9.43. The summed E-state index contributed by atoms with van der Waals surface area (Å²) < 4.78 is 0. The standard InChI is InChI=1S/C63H53N/c1-61(2)52-25-11-7-20-46(52)49-23-15-24-50(60(49)61)48-21-10-14-29-57(48)64(58-30-16-28-55-59(58)51-22-9-12-26-53(51)62(55,3)41-17-5-4-6-18-41)44-31-32-47-45-19-8-13-27-54(45)63(56(47)38-44)42-34-39-33-40(36-42)37-43(63)35-39/h4-32,38-40,42-43H,33-37H2,1-3H3. The fraction of sp³-hybridized carbons (Fsp3) is 0.238. The maximum Gasteiger partial charge on any atom is 0.0543 e. The molecule has 8 aromatic carbocycles. The Hall–Kier alpha value is -6.44. The molecular weight excluding hydrogens is 771 g/mol. The van der Waals surface area contributed by atoms with Crippen LogP contribution in [-0.2, 0) is 16.2 Å². The van der Waals surface area contributed by atoms with Gasteiger partial charge in [0.15, 0.2) is 0 Å². The van der Waals surface area contributed by atoms with E-state index in [1.54, 1.807) is 11.1 Å². The molecular formula is C63H53N. The van der Waals surface area contributed by atoms with E-state index in [0.29, 0.717) is 11.8 Å². The fourth-order valence-corrected chi connectivity index (χ4v) is 15.4. The predicted molar refractivity (Wildman–Crippen MR) is 265 cm³/mol. The first-order chi connectivity index (χ1) is 31.4. The molecule has 1 heteroatoms. The summed E-state index contributed by atoms with van der Waals surface area (Å²) in [7, 11) is 0. The van der Waals surface area contributed by atoms with Crippen LogP contribution in [0.25, 0.3) is 44.5 Å². The molecule has 0 aliphatic heterocycles. The average Bonchev–Trinajstić information content (AvgIpc) is 3.87. The first-order valence-corrected chi connectivity index (χ1v) is 24.0. The van der Waals surface area contributed by atoms with E-state index in [1.807, 2.05) is 0 Å². The molecule has 1 spiro atoms. The van der Waals surface area contributed by atoms with Crippen LogP contribution in [0, 0.1) is 23.7 Å². The normalized spacial score (nSPS) is 25.4. The molecule has 0 radical (unpaired) electrons. The molecule has 4 fully saturated rings. The lowest BCUT2D eigenvalue weighted by Gasteiger charge is -2.61. The maximum absolute atomic E-state index is 2.69. The van der Waals surface area contributed by atoms with E-state index in [-0.39, 0.29) is 16.2 Å². The average molecular weight is 824 g/mol. The Morgan fingerprint density at radius 2 is 0.906 bits per heavy atom. The number of fused-ring (bicyclic) bond motifs is 9. The molecule has 310 valence electrons. The molecule has 0 amide bonds. The highest BCUT2D eigenvalue weighted by molar-refractivity contribution is 6.00. The second kappa shape index (κ2) is 13.1. The second-order valence-electron chi connectivity index (χ2n) is 20.9. The van der Waals surface area contributed by atoms with E-state index in [9.17, 15) is 0 Å². The molecule has 4 saturated carbocycles. The summed E-state index contributed by atoms with van der Waals surface area (Å²) in [5.41, 5.74) is 24.3. The Morgan fingerprint density at radius 3 is 1.64 bits per heavy atom. The smallest absolute Gasteiger partial charge is 0.0543 e. The van der Waals surface area contributed by atoms with Gasteiger partial charge in [0.1, 0.15) is 0 Å². The van der Waals surface area contributed by atoms with Gasteiger partial charge in [-0.1, -0.05) is 172 Å². The van der Waals surface area contributed by atoms with Gasteiger partial charge in [-0.15, -0.1) is 0 Å². The lowest BCUT2D eigenvalue weighted by molar-refractivity contribution is -0.0399. The van der Waals surface area contributed by atoms with Crippen molar-refractivity contribution in [3.05, 3.63) is 221 Å². The van der Waals surface area contributed by atoms with E-state index in [2.05, 4.69) is 208 Å². The topological polar surface area (TPSA) is 3.24 Å². The SMILES string of the molecule is CC1(C)c2ccccc2-c2cccc(-c3ccccc3N(c3ccc4c(c3)C3(c5ccccc5-4)C4CC5CC(C4)CC3C5)c3cccc4c3-c3ccccc3C4(C)c3ccccc3)c21. The molecule has 7 aliphatic carbocycles. The van der Waals surface area contributed by atoms with Crippen molar-refractivity contribution >= 4 is 17.1 Å². The number of benzene rings is 8. The molecule has 7 aliphatic rings. The highest BCUT2D eigenvalue weighted by Gasteiger charge is 2.61. The number of hydrogen-bond donors (Lipinski definition) is 0. The summed E-state index contributed by atoms with van der Waals surface area (Å²) in [4.78, 5) is 2.68. The van der Waals surface area contributed by atoms with Gasteiger partial charge in [0.2, 0.25) is 0 Å². The van der Waals surface area contributed by atoms with Crippen LogP contribution in [-0.4, -0.2) is 0 Å². The monoisotopic (exact) mass is 823 g/mol. The van der Waals surface area contributed by atoms with E-state index >= 15 is 0 Å². The number of para-hydroxylation sites is 1. The Labute approximate surface area is 378 Å². The van der Waals surface area contributed by atoms with E-state index in [4.69, 9.17) is 0 Å². The molecule has 64 heavy (non-hydrogen) atoms. The van der Waals surface area contributed by atoms with Crippen molar-refractivity contribution in [2.24, 2.45) is 23.7 Å². The molecule has 1 nitrogen and oxygen atoms in total. The summed E-state index contributed by atoms with van der Waals surface area (Å²) in [5, 5.41) is 0. The van der Waals surface area contributed by atoms with Crippen molar-refractivity contribution in [1.82, 2.24) is 0 Å². The number of rotatable bonds is 5. The summed E-state index contributed by atoms with van der Waals surface area (Å²) in [6, 6.07) is 70.2. The van der Waals surface area contributed by atoms with Crippen molar-refractivity contribution in [1.29, 1.82) is 0 Å². The Kier molecular flexibility index (Phi) is 7.56. The van der Waals surface area contributed by atoms with E-state index in [0.717, 1.165) is 11.8 Å². The highest BCUT2D eigenvalue weighted by atomic mass is 15.1. The van der Waals surface area contributed by atoms with Crippen LogP contribution in [0.2, 0.25) is 0 Å². The molecule has 15 rings (SSSR count). The van der Waals surface area contributed by atoms with Crippen LogP contribution in [0.15, 0.2) is 182 Å². The van der Waals surface area contributed by atoms with Crippen LogP contribution >= 0.6 is 0 Å². The number of nitrogens with zero attached hydrogens (tertiary/aromatic N) is 1. The number of anilines is 3. The van der Waals surface area contributed by atoms with E-state index in [1.165, 1.54) is 121 Å². The van der Waals surface area contributed by atoms with Gasteiger partial charge in [-0.05, 0) is 159 Å². The fourth-order valence-electron chi connectivity index (χ4n) is 15.4. The summed E-state index contributed by atoms with van der Waals surface area (Å²) in [6.45, 7) is 7.30. The van der Waals surface area contributed by atoms with Crippen molar-refractivity contribution in [2.75, 3.05) is 4.90 Å². The lowest BCUT2D eigenvalue weighted by Crippen LogP contribution is -2.55. The summed E-state index contributed by atoms with van der Waals surface area (Å²) in [5.74, 6) is 3.17. The molecule has 1 unspecified atom stereocenters. The summed E-state index contributed by atoms with van der Waals surface area (Å²) >= 11 is 0. The molecule has 4 bridgehead atoms. The van der Waals surface area contributed by atoms with Crippen molar-refractivity contribution in [3.63, 3.8) is 0 Å². The third-order valence-corrected chi connectivity index (χ3v) is 17.7. The Morgan fingerprint density at radius 1 is 0.391 bits per heavy atom. The van der Waals surface area contributed by atoms with Crippen LogP contribution in [0.4, 0.5) is 17.1 Å². The first-order valence-electron chi connectivity index (χ1n) is 24.0. The minimum Gasteiger partial charge on any atom is -0.309 e. The van der Waals surface area contributed by atoms with Gasteiger partial charge in [0.25, 0.3) is 0 Å². The highest BCUT2D eigenvalue weighted by Crippen LogP contribution is 2.70. The first kappa shape index (κ1) is 37.0. The minimum atomic E-state index is -0.311. The van der Waals surface area contributed by atoms with Crippen molar-refractivity contribution in [3.8, 4) is 44.5 Å². The van der Waals surface area contributed by atoms with Gasteiger partial charge < -0.3 is 4.90 Å². The molecule has 0 saturated heterocycles. The van der Waals surface area contributed by atoms with Crippen LogP contribution < -0.4 is 4.90 Å². The minimum absolute atomic E-state index is 0.0632. The quantitative estimate of drug-likeness (QED) is 0.167. The Balaban J connectivity index is 1.05. The third-order valence-electron chi connectivity index (χ3n) is 17.7. The molecule has 0 aromatic heterocycles. The van der Waals surface area contributed by atoms with Gasteiger partial charge in [0, 0.05) is 33.1 Å². The van der Waals surface area contributed by atoms with Crippen LogP contribution in [0.1, 0.15) is 91.8 Å². The zero-order chi connectivity index (χ0) is 42.5. The van der Waals surface area contributed by atoms with Gasteiger partial charge in [0.05, 0.1) is 11.4 Å². The zero-order valence-electron chi connectivity index (χ0n) is 37.1. The zero-order valence-corrected chi connectivity index (χ0v) is 37.1. The molecule has 0 N–H and O–H groups in total. The van der Waals surface area contributed by atoms with Crippen LogP contribution in [0.5, 0.6) is 0 Å². The summed E-state index contributed by atoms with van der Waals surface area (Å²) in [6.07, 6.45) is 6.94. The van der Waals surface area contributed by atoms with Crippen LogP contribution in [0.3, 0.4) is 0 Å². The van der Waals surface area contributed by atoms with Crippen molar-refractivity contribution in [2.45, 2.75) is 69.1 Å². The Bertz CT molecular complexity index is 3210. The third kappa shape index (κ3) is 4.65. The van der Waals surface area contributed by atoms with Gasteiger partial charge in [-0.3, -0.25) is 0 Å². The molecule has 0 heterocycles. The number of hydrogen-bond acceptors (Lipinski definition) is 1. The molecule has 8 aromatic rings. The maximum atomic E-state index is 2.69. The van der Waals surface area contributed by atoms with E-state index < -0.39 is 0 Å². The molecule has 1 atom stereocenters. The van der Waals surface area contributed by atoms with Gasteiger partial charge in [-0.25, -0.2) is 0 Å². The van der Waals surface area contributed by atoms with Gasteiger partial charge >= 0.3 is 0 Å². The van der Waals surface area contributed by atoms with Gasteiger partial charge in [-0.2, -0.15) is 0 Å². The predicted octanol–water partition coefficient (Wildman–Crippen LogP) is 16.2. The largest absolute Gasteiger partial charge is 0.309 e.